The molecule has 1 aromatic rings. The summed E-state index contributed by atoms with van der Waals surface area (Å²) in [5.74, 6) is -0.811. The first-order chi connectivity index (χ1) is 9.68. The van der Waals surface area contributed by atoms with Gasteiger partial charge < -0.3 is 4.74 Å². The highest BCUT2D eigenvalue weighted by Gasteiger charge is 2.24. The molecular formula is C12H16N2O6S. The molecule has 0 amide bonds. The predicted molar refractivity (Wildman–Crippen MR) is 74.4 cm³/mol. The van der Waals surface area contributed by atoms with Gasteiger partial charge in [0.15, 0.2) is 0 Å². The minimum absolute atomic E-state index is 0.0320. The number of hydrogen-bond donors (Lipinski definition) is 1. The molecule has 1 rings (SSSR count). The molecule has 21 heavy (non-hydrogen) atoms. The minimum atomic E-state index is -4.18. The van der Waals surface area contributed by atoms with E-state index in [1.807, 2.05) is 6.92 Å². The van der Waals surface area contributed by atoms with Gasteiger partial charge in [0.1, 0.15) is 0 Å². The number of sulfonamides is 1. The Labute approximate surface area is 122 Å². The van der Waals surface area contributed by atoms with Gasteiger partial charge in [0.2, 0.25) is 10.0 Å². The van der Waals surface area contributed by atoms with E-state index in [-0.39, 0.29) is 17.7 Å². The van der Waals surface area contributed by atoms with Gasteiger partial charge >= 0.3 is 5.97 Å². The Morgan fingerprint density at radius 1 is 1.43 bits per heavy atom. The third-order valence-corrected chi connectivity index (χ3v) is 3.85. The number of nitro groups is 1. The van der Waals surface area contributed by atoms with Crippen LogP contribution in [-0.4, -0.2) is 25.9 Å². The summed E-state index contributed by atoms with van der Waals surface area (Å²) in [5.41, 5.74) is -0.680. The second-order valence-electron chi connectivity index (χ2n) is 4.41. The largest absolute Gasteiger partial charge is 0.462 e. The SMILES string of the molecule is CCCCOC(=O)c1cc([N+](=O)[O-])cc(S(N)(=O)=O)c1C. The van der Waals surface area contributed by atoms with E-state index in [2.05, 4.69) is 0 Å². The molecule has 116 valence electrons. The monoisotopic (exact) mass is 316 g/mol. The van der Waals surface area contributed by atoms with Crippen LogP contribution in [0.15, 0.2) is 17.0 Å². The Hall–Kier alpha value is -2.00. The lowest BCUT2D eigenvalue weighted by Gasteiger charge is -2.10. The van der Waals surface area contributed by atoms with Crippen molar-refractivity contribution in [1.82, 2.24) is 0 Å². The average molecular weight is 316 g/mol. The number of esters is 1. The maximum absolute atomic E-state index is 11.9. The number of nitrogens with zero attached hydrogens (tertiary/aromatic N) is 1. The molecule has 0 aliphatic rings. The Kier molecular flexibility index (Phi) is 5.39. The number of hydrogen-bond acceptors (Lipinski definition) is 6. The molecule has 8 nitrogen and oxygen atoms in total. The van der Waals surface area contributed by atoms with Gasteiger partial charge in [0, 0.05) is 12.1 Å². The number of nitro benzene ring substituents is 1. The van der Waals surface area contributed by atoms with E-state index in [1.54, 1.807) is 0 Å². The molecule has 0 saturated heterocycles. The smallest absolute Gasteiger partial charge is 0.338 e. The third kappa shape index (κ3) is 4.23. The molecule has 1 aromatic carbocycles. The van der Waals surface area contributed by atoms with E-state index in [1.165, 1.54) is 6.92 Å². The van der Waals surface area contributed by atoms with Crippen molar-refractivity contribution in [1.29, 1.82) is 0 Å². The highest BCUT2D eigenvalue weighted by atomic mass is 32.2. The van der Waals surface area contributed by atoms with Gasteiger partial charge in [-0.2, -0.15) is 0 Å². The zero-order valence-electron chi connectivity index (χ0n) is 11.7. The Morgan fingerprint density at radius 2 is 2.05 bits per heavy atom. The van der Waals surface area contributed by atoms with Crippen molar-refractivity contribution in [2.24, 2.45) is 5.14 Å². The summed E-state index contributed by atoms with van der Waals surface area (Å²) in [7, 11) is -4.18. The Morgan fingerprint density at radius 3 is 2.52 bits per heavy atom. The van der Waals surface area contributed by atoms with Gasteiger partial charge in [-0.25, -0.2) is 18.4 Å². The van der Waals surface area contributed by atoms with Gasteiger partial charge in [0.25, 0.3) is 5.69 Å². The van der Waals surface area contributed by atoms with Gasteiger partial charge in [-0.15, -0.1) is 0 Å². The molecule has 0 heterocycles. The molecule has 0 spiro atoms. The second-order valence-corrected chi connectivity index (χ2v) is 5.94. The van der Waals surface area contributed by atoms with E-state index in [4.69, 9.17) is 9.88 Å². The molecule has 0 saturated carbocycles. The maximum Gasteiger partial charge on any atom is 0.338 e. The summed E-state index contributed by atoms with van der Waals surface area (Å²) in [4.78, 5) is 21.5. The highest BCUT2D eigenvalue weighted by molar-refractivity contribution is 7.89. The topological polar surface area (TPSA) is 130 Å². The van der Waals surface area contributed by atoms with Crippen LogP contribution in [0.4, 0.5) is 5.69 Å². The van der Waals surface area contributed by atoms with Crippen molar-refractivity contribution in [3.05, 3.63) is 33.4 Å². The van der Waals surface area contributed by atoms with Crippen molar-refractivity contribution in [2.45, 2.75) is 31.6 Å². The highest BCUT2D eigenvalue weighted by Crippen LogP contribution is 2.25. The summed E-state index contributed by atoms with van der Waals surface area (Å²) in [5, 5.41) is 15.9. The summed E-state index contributed by atoms with van der Waals surface area (Å²) >= 11 is 0. The van der Waals surface area contributed by atoms with Gasteiger partial charge in [-0.3, -0.25) is 10.1 Å². The summed E-state index contributed by atoms with van der Waals surface area (Å²) in [6, 6.07) is 1.81. The molecule has 9 heteroatoms. The van der Waals surface area contributed by atoms with Crippen molar-refractivity contribution >= 4 is 21.7 Å². The lowest BCUT2D eigenvalue weighted by atomic mass is 10.1. The molecule has 0 fully saturated rings. The number of non-ortho nitro benzene ring substituents is 1. The van der Waals surface area contributed by atoms with Crippen LogP contribution < -0.4 is 5.14 Å². The third-order valence-electron chi connectivity index (χ3n) is 2.81. The quantitative estimate of drug-likeness (QED) is 0.366. The first kappa shape index (κ1) is 17.1. The molecule has 2 N–H and O–H groups in total. The lowest BCUT2D eigenvalue weighted by Crippen LogP contribution is -2.17. The van der Waals surface area contributed by atoms with Crippen LogP contribution in [0.2, 0.25) is 0 Å². The van der Waals surface area contributed by atoms with Crippen LogP contribution in [-0.2, 0) is 14.8 Å². The standard InChI is InChI=1S/C12H16N2O6S/c1-3-4-5-20-12(15)10-6-9(14(16)17)7-11(8(10)2)21(13,18)19/h6-7H,3-5H2,1-2H3,(H2,13,18,19). The van der Waals surface area contributed by atoms with E-state index < -0.39 is 31.5 Å². The van der Waals surface area contributed by atoms with Crippen molar-refractivity contribution in [3.63, 3.8) is 0 Å². The molecule has 0 aromatic heterocycles. The van der Waals surface area contributed by atoms with Crippen LogP contribution in [0.25, 0.3) is 0 Å². The summed E-state index contributed by atoms with van der Waals surface area (Å²) in [6.45, 7) is 3.41. The van der Waals surface area contributed by atoms with E-state index in [9.17, 15) is 23.3 Å². The van der Waals surface area contributed by atoms with E-state index in [0.717, 1.165) is 18.6 Å². The number of nitrogens with two attached hydrogens (primary N) is 1. The average Bonchev–Trinajstić information content (AvgIpc) is 2.37. The number of rotatable bonds is 6. The number of ether oxygens (including phenoxy) is 1. The van der Waals surface area contributed by atoms with Crippen molar-refractivity contribution in [3.8, 4) is 0 Å². The van der Waals surface area contributed by atoms with Crippen LogP contribution >= 0.6 is 0 Å². The van der Waals surface area contributed by atoms with Crippen LogP contribution in [0, 0.1) is 17.0 Å². The number of primary sulfonamides is 1. The first-order valence-electron chi connectivity index (χ1n) is 6.17. The zero-order chi connectivity index (χ0) is 16.2. The van der Waals surface area contributed by atoms with Crippen LogP contribution in [0.3, 0.4) is 0 Å². The zero-order valence-corrected chi connectivity index (χ0v) is 12.5. The molecule has 0 aliphatic carbocycles. The Balaban J connectivity index is 3.34. The minimum Gasteiger partial charge on any atom is -0.462 e. The molecule has 0 bridgehead atoms. The van der Waals surface area contributed by atoms with Crippen LogP contribution in [0.5, 0.6) is 0 Å². The fourth-order valence-electron chi connectivity index (χ4n) is 1.67. The van der Waals surface area contributed by atoms with Crippen molar-refractivity contribution < 1.29 is 22.9 Å². The number of carbonyl (C=O) groups is 1. The van der Waals surface area contributed by atoms with Gasteiger partial charge in [0.05, 0.1) is 22.0 Å². The fraction of sp³-hybridized carbons (Fsp3) is 0.417. The number of benzene rings is 1. The molecule has 0 radical (unpaired) electrons. The normalized spacial score (nSPS) is 11.2. The number of unbranched alkanes of at least 4 members (excludes halogenated alkanes) is 1. The molecule has 0 unspecified atom stereocenters. The Bertz CT molecular complexity index is 669. The second kappa shape index (κ2) is 6.64. The summed E-state index contributed by atoms with van der Waals surface area (Å²) < 4.78 is 27.9. The predicted octanol–water partition coefficient (Wildman–Crippen LogP) is 1.51. The number of carbonyl (C=O) groups excluding carboxylic acids is 1. The van der Waals surface area contributed by atoms with E-state index in [0.29, 0.717) is 6.42 Å². The molecule has 0 atom stereocenters. The first-order valence-corrected chi connectivity index (χ1v) is 7.72. The lowest BCUT2D eigenvalue weighted by molar-refractivity contribution is -0.385. The van der Waals surface area contributed by atoms with Gasteiger partial charge in [-0.05, 0) is 18.9 Å². The molecule has 0 aliphatic heterocycles. The van der Waals surface area contributed by atoms with Crippen LogP contribution in [0.1, 0.15) is 35.7 Å². The van der Waals surface area contributed by atoms with Gasteiger partial charge in [-0.1, -0.05) is 13.3 Å². The summed E-state index contributed by atoms with van der Waals surface area (Å²) in [6.07, 6.45) is 1.45. The van der Waals surface area contributed by atoms with Crippen molar-refractivity contribution in [2.75, 3.05) is 6.61 Å². The van der Waals surface area contributed by atoms with E-state index >= 15 is 0 Å². The maximum atomic E-state index is 11.9. The molecular weight excluding hydrogens is 300 g/mol. The fourth-order valence-corrected chi connectivity index (χ4v) is 2.49.